The normalized spacial score (nSPS) is 2.67. The van der Waals surface area contributed by atoms with E-state index in [1.54, 1.807) is 12.1 Å². The van der Waals surface area contributed by atoms with E-state index in [0.717, 1.165) is 0 Å². The first-order valence-electron chi connectivity index (χ1n) is 2.37. The number of rotatable bonds is 0. The number of nitriles is 2. The minimum atomic E-state index is 0.190. The molecule has 0 aromatic heterocycles. The third-order valence-corrected chi connectivity index (χ3v) is 0. The Morgan fingerprint density at radius 1 is 0.867 bits per heavy atom. The molecule has 0 N–H and O–H groups in total. The van der Waals surface area contributed by atoms with Crippen LogP contribution in [0.25, 0.3) is 0 Å². The van der Waals surface area contributed by atoms with Gasteiger partial charge in [0.2, 0.25) is 0 Å². The predicted octanol–water partition coefficient (Wildman–Crippen LogP) is 2.72. The Hall–Kier alpha value is 0.348. The summed E-state index contributed by atoms with van der Waals surface area (Å²) in [6.07, 6.45) is 0. The topological polar surface area (TPSA) is 107 Å². The first-order valence-corrected chi connectivity index (χ1v) is 19.0. The Morgan fingerprint density at radius 2 is 0.867 bits per heavy atom. The van der Waals surface area contributed by atoms with Gasteiger partial charge in [-0.1, -0.05) is 0 Å². The van der Waals surface area contributed by atoms with Gasteiger partial charge in [-0.15, -0.1) is 0 Å². The Morgan fingerprint density at radius 3 is 0.867 bits per heavy atom. The molecule has 0 aromatic rings. The van der Waals surface area contributed by atoms with Crippen LogP contribution in [-0.2, 0) is 25.2 Å². The molecule has 82 valence electrons. The van der Waals surface area contributed by atoms with E-state index in [-0.39, 0.29) is 11.2 Å². The summed E-state index contributed by atoms with van der Waals surface area (Å²) in [5, 5.41) is 14.6. The van der Waals surface area contributed by atoms with Gasteiger partial charge in [0.25, 0.3) is 0 Å². The molecule has 0 aliphatic rings. The number of halogens is 2. The van der Waals surface area contributed by atoms with E-state index in [4.69, 9.17) is 24.5 Å². The summed E-state index contributed by atoms with van der Waals surface area (Å²) in [5.41, 5.74) is 0. The maximum absolute atomic E-state index is 7.50. The predicted molar refractivity (Wildman–Crippen MR) is 62.4 cm³/mol. The SMILES string of the molecule is CC#N.CC#N.[C-]#[O+].[C-]#[O+].[C-]#[O+].[I][W][I]. The van der Waals surface area contributed by atoms with Gasteiger partial charge in [-0.2, -0.15) is 10.5 Å². The second-order valence-electron chi connectivity index (χ2n) is 0.506. The van der Waals surface area contributed by atoms with Gasteiger partial charge in [0.1, 0.15) is 0 Å². The summed E-state index contributed by atoms with van der Waals surface area (Å²) in [6.45, 7) is 16.4. The molecule has 0 unspecified atom stereocenters. The molecule has 0 spiro atoms. The van der Waals surface area contributed by atoms with Crippen LogP contribution in [0.5, 0.6) is 0 Å². The van der Waals surface area contributed by atoms with Gasteiger partial charge in [-0.3, -0.25) is 0 Å². The maximum atomic E-state index is 7.50. The van der Waals surface area contributed by atoms with Crippen molar-refractivity contribution in [1.29, 1.82) is 10.5 Å². The van der Waals surface area contributed by atoms with Crippen LogP contribution in [0, 0.1) is 42.6 Å². The van der Waals surface area contributed by atoms with Crippen LogP contribution in [0.3, 0.4) is 0 Å². The van der Waals surface area contributed by atoms with Gasteiger partial charge in [0.05, 0.1) is 12.1 Å². The molecule has 0 fully saturated rings. The molecular weight excluding hydrogens is 598 g/mol. The van der Waals surface area contributed by atoms with Crippen molar-refractivity contribution in [2.45, 2.75) is 13.8 Å². The molecule has 15 heavy (non-hydrogen) atoms. The zero-order valence-corrected chi connectivity index (χ0v) is 15.0. The van der Waals surface area contributed by atoms with E-state index < -0.39 is 0 Å². The third-order valence-electron chi connectivity index (χ3n) is 0. The van der Waals surface area contributed by atoms with E-state index in [9.17, 15) is 0 Å². The van der Waals surface area contributed by atoms with Crippen molar-refractivity contribution >= 4 is 38.7 Å². The molecule has 0 aliphatic heterocycles. The van der Waals surface area contributed by atoms with Crippen LogP contribution in [0.4, 0.5) is 0 Å². The average molecular weight is 604 g/mol. The monoisotopic (exact) mass is 604 g/mol. The van der Waals surface area contributed by atoms with Gasteiger partial charge < -0.3 is 0 Å². The van der Waals surface area contributed by atoms with Crippen molar-refractivity contribution in [1.82, 2.24) is 0 Å². The quantitative estimate of drug-likeness (QED) is 0.241. The Labute approximate surface area is 119 Å². The molecule has 0 saturated heterocycles. The summed E-state index contributed by atoms with van der Waals surface area (Å²) >= 11 is 5.07. The molecule has 0 aromatic carbocycles. The first kappa shape index (κ1) is 36.2. The molecule has 5 nitrogen and oxygen atoms in total. The van der Waals surface area contributed by atoms with Crippen molar-refractivity contribution in [2.24, 2.45) is 0 Å². The Bertz CT molecular complexity index is 167. The molecule has 0 amide bonds. The van der Waals surface area contributed by atoms with Crippen LogP contribution in [0.1, 0.15) is 13.8 Å². The summed E-state index contributed by atoms with van der Waals surface area (Å²) in [5.74, 6) is 0. The van der Waals surface area contributed by atoms with Gasteiger partial charge in [-0.05, 0) is 0 Å². The fourth-order valence-electron chi connectivity index (χ4n) is 0. The molecule has 8 heteroatoms. The van der Waals surface area contributed by atoms with Crippen molar-refractivity contribution in [3.8, 4) is 12.1 Å². The summed E-state index contributed by atoms with van der Waals surface area (Å²) in [7, 11) is 0. The second-order valence-corrected chi connectivity index (χ2v) is 21.9. The van der Waals surface area contributed by atoms with E-state index >= 15 is 0 Å². The van der Waals surface area contributed by atoms with Crippen LogP contribution in [0.2, 0.25) is 0 Å². The van der Waals surface area contributed by atoms with Crippen molar-refractivity contribution in [2.75, 3.05) is 0 Å². The van der Waals surface area contributed by atoms with E-state index in [2.05, 4.69) is 58.7 Å². The second kappa shape index (κ2) is 228. The fraction of sp³-hybridized carbons (Fsp3) is 0.286. The fourth-order valence-corrected chi connectivity index (χ4v) is 0. The summed E-state index contributed by atoms with van der Waals surface area (Å²) < 4.78 is 22.5. The van der Waals surface area contributed by atoms with E-state index in [0.29, 0.717) is 0 Å². The first-order chi connectivity index (χ1) is 7.24. The number of hydrogen-bond donors (Lipinski definition) is 0. The Kier molecular flexibility index (Phi) is 550. The van der Waals surface area contributed by atoms with Crippen molar-refractivity contribution < 1.29 is 25.2 Å². The average Bonchev–Trinajstić information content (AvgIpc) is 2.29. The van der Waals surface area contributed by atoms with Crippen molar-refractivity contribution in [3.63, 3.8) is 0 Å². The molecule has 0 saturated carbocycles. The van der Waals surface area contributed by atoms with Crippen LogP contribution in [0.15, 0.2) is 0 Å². The minimum absolute atomic E-state index is 0.190. The van der Waals surface area contributed by atoms with Gasteiger partial charge in [0, 0.05) is 13.8 Å². The van der Waals surface area contributed by atoms with Crippen LogP contribution < -0.4 is 0 Å². The molecule has 0 atom stereocenters. The number of nitrogens with zero attached hydrogens (tertiary/aromatic N) is 2. The van der Waals surface area contributed by atoms with Gasteiger partial charge in [-0.25, -0.2) is 0 Å². The van der Waals surface area contributed by atoms with Crippen LogP contribution >= 0.6 is 38.7 Å². The summed E-state index contributed by atoms with van der Waals surface area (Å²) in [6, 6.07) is 3.50. The standard InChI is InChI=1S/2C2H3N.3CO.2HI.W/c2*1-2-3;3*1-2;;;/h2*1H3;;;;2*1H;/q;;;;;;;+2/p-2. The van der Waals surface area contributed by atoms with Crippen molar-refractivity contribution in [3.05, 3.63) is 20.0 Å². The molecule has 0 aliphatic carbocycles. The van der Waals surface area contributed by atoms with Crippen LogP contribution in [-0.4, -0.2) is 0 Å². The summed E-state index contributed by atoms with van der Waals surface area (Å²) in [4.78, 5) is 0. The zero-order valence-electron chi connectivity index (χ0n) is 7.78. The zero-order chi connectivity index (χ0) is 14.1. The van der Waals surface area contributed by atoms with E-state index in [1.807, 2.05) is 0 Å². The molecule has 0 radical (unpaired) electrons. The molecule has 0 rings (SSSR count). The molecule has 0 heterocycles. The van der Waals surface area contributed by atoms with Gasteiger partial charge in [0.15, 0.2) is 0 Å². The van der Waals surface area contributed by atoms with E-state index in [1.165, 1.54) is 13.8 Å². The van der Waals surface area contributed by atoms with Gasteiger partial charge >= 0.3 is 83.8 Å². The molecular formula is C7H6I2N2O3W. The Balaban J connectivity index is -0.0000000164. The molecule has 0 bridgehead atoms. The number of hydrogen-bond acceptors (Lipinski definition) is 2. The third kappa shape index (κ3) is 18000.